The van der Waals surface area contributed by atoms with Crippen LogP contribution in [0.4, 0.5) is 5.69 Å². The first-order valence-corrected chi connectivity index (χ1v) is 10.2. The van der Waals surface area contributed by atoms with E-state index in [4.69, 9.17) is 0 Å². The number of nitrogens with zero attached hydrogens (tertiary/aromatic N) is 2. The van der Waals surface area contributed by atoms with Crippen LogP contribution in [-0.2, 0) is 22.6 Å². The molecule has 0 atom stereocenters. The molecule has 0 unspecified atom stereocenters. The predicted octanol–water partition coefficient (Wildman–Crippen LogP) is 4.34. The molecule has 2 aliphatic rings. The van der Waals surface area contributed by atoms with Crippen molar-refractivity contribution in [1.29, 1.82) is 0 Å². The molecule has 30 heavy (non-hydrogen) atoms. The minimum Gasteiger partial charge on any atom is -0.336 e. The number of rotatable bonds is 4. The average molecular weight is 394 g/mol. The van der Waals surface area contributed by atoms with Gasteiger partial charge in [0.05, 0.1) is 12.1 Å². The van der Waals surface area contributed by atoms with E-state index < -0.39 is 0 Å². The maximum atomic E-state index is 13.6. The van der Waals surface area contributed by atoms with Crippen LogP contribution in [0.5, 0.6) is 0 Å². The first-order chi connectivity index (χ1) is 14.6. The lowest BCUT2D eigenvalue weighted by molar-refractivity contribution is -0.137. The van der Waals surface area contributed by atoms with Crippen LogP contribution >= 0.6 is 0 Å². The number of aryl methyl sites for hydroxylation is 1. The van der Waals surface area contributed by atoms with Gasteiger partial charge in [-0.3, -0.25) is 14.5 Å². The van der Waals surface area contributed by atoms with Crippen LogP contribution in [0.2, 0.25) is 0 Å². The molecule has 2 aliphatic heterocycles. The van der Waals surface area contributed by atoms with E-state index in [2.05, 4.69) is 6.07 Å². The molecule has 0 bridgehead atoms. The molecular weight excluding hydrogens is 372 g/mol. The lowest BCUT2D eigenvalue weighted by Gasteiger charge is -2.22. The number of fused-ring (bicyclic) bond motifs is 1. The highest BCUT2D eigenvalue weighted by molar-refractivity contribution is 6.36. The number of amides is 2. The summed E-state index contributed by atoms with van der Waals surface area (Å²) in [6, 6.07) is 25.6. The van der Waals surface area contributed by atoms with Gasteiger partial charge in [0.2, 0.25) is 0 Å². The van der Waals surface area contributed by atoms with Gasteiger partial charge in [-0.15, -0.1) is 0 Å². The molecule has 0 fully saturated rings. The van der Waals surface area contributed by atoms with Crippen molar-refractivity contribution in [1.82, 2.24) is 4.90 Å². The summed E-state index contributed by atoms with van der Waals surface area (Å²) in [7, 11) is 0. The van der Waals surface area contributed by atoms with Gasteiger partial charge < -0.3 is 4.90 Å². The Morgan fingerprint density at radius 2 is 1.50 bits per heavy atom. The summed E-state index contributed by atoms with van der Waals surface area (Å²) in [5, 5.41) is 0. The molecular formula is C26H22N2O2. The van der Waals surface area contributed by atoms with Gasteiger partial charge in [-0.1, -0.05) is 78.4 Å². The number of carbonyl (C=O) groups excluding carboxylic acids is 2. The van der Waals surface area contributed by atoms with E-state index in [0.717, 1.165) is 28.8 Å². The fraction of sp³-hybridized carbons (Fsp3) is 0.154. The summed E-state index contributed by atoms with van der Waals surface area (Å²) in [6.45, 7) is 2.99. The lowest BCUT2D eigenvalue weighted by atomic mass is 10.0. The van der Waals surface area contributed by atoms with Crippen LogP contribution < -0.4 is 4.90 Å². The van der Waals surface area contributed by atoms with Gasteiger partial charge in [-0.2, -0.15) is 0 Å². The van der Waals surface area contributed by atoms with E-state index in [9.17, 15) is 9.59 Å². The summed E-state index contributed by atoms with van der Waals surface area (Å²) in [6.07, 6.45) is 0.862. The fourth-order valence-corrected chi connectivity index (χ4v) is 4.27. The Bertz CT molecular complexity index is 1160. The van der Waals surface area contributed by atoms with E-state index >= 15 is 0 Å². The van der Waals surface area contributed by atoms with Crippen LogP contribution in [0.25, 0.3) is 5.57 Å². The third kappa shape index (κ3) is 3.01. The number of carbonyl (C=O) groups is 2. The van der Waals surface area contributed by atoms with Crippen molar-refractivity contribution in [2.24, 2.45) is 0 Å². The Balaban J connectivity index is 1.59. The Morgan fingerprint density at radius 3 is 2.27 bits per heavy atom. The highest BCUT2D eigenvalue weighted by atomic mass is 16.2. The minimum absolute atomic E-state index is 0.226. The molecule has 3 aromatic carbocycles. The number of benzene rings is 3. The minimum atomic E-state index is -0.230. The average Bonchev–Trinajstić information content (AvgIpc) is 3.30. The Hall–Kier alpha value is -3.66. The van der Waals surface area contributed by atoms with E-state index in [-0.39, 0.29) is 18.4 Å². The molecule has 0 N–H and O–H groups in total. The number of hydrogen-bond acceptors (Lipinski definition) is 3. The van der Waals surface area contributed by atoms with Crippen molar-refractivity contribution in [3.05, 3.63) is 107 Å². The standard InChI is InChI=1S/C26H22N2O2/c1-18-11-13-19(14-12-18)17-28-25(29)23(21-8-3-2-4-9-21)24(26(28)30)27-16-15-20-7-5-6-10-22(20)27/h2-14H,15-17H2,1H3. The topological polar surface area (TPSA) is 40.6 Å². The van der Waals surface area contributed by atoms with E-state index in [1.807, 2.05) is 84.6 Å². The molecule has 0 saturated heterocycles. The second kappa shape index (κ2) is 7.30. The SMILES string of the molecule is Cc1ccc(CN2C(=O)C(c3ccccc3)=C(N3CCc4ccccc43)C2=O)cc1. The van der Waals surface area contributed by atoms with Crippen molar-refractivity contribution in [3.8, 4) is 0 Å². The molecule has 5 rings (SSSR count). The third-order valence-corrected chi connectivity index (χ3v) is 5.82. The number of hydrogen-bond donors (Lipinski definition) is 0. The van der Waals surface area contributed by atoms with Crippen LogP contribution in [0.15, 0.2) is 84.6 Å². The zero-order chi connectivity index (χ0) is 20.7. The maximum Gasteiger partial charge on any atom is 0.278 e. The van der Waals surface area contributed by atoms with Crippen LogP contribution in [0, 0.1) is 6.92 Å². The van der Waals surface area contributed by atoms with Gasteiger partial charge in [0.15, 0.2) is 0 Å². The third-order valence-electron chi connectivity index (χ3n) is 5.82. The smallest absolute Gasteiger partial charge is 0.278 e. The molecule has 0 aromatic heterocycles. The van der Waals surface area contributed by atoms with E-state index in [0.29, 0.717) is 17.8 Å². The molecule has 2 amide bonds. The molecule has 3 aromatic rings. The second-order valence-corrected chi connectivity index (χ2v) is 7.80. The molecule has 2 heterocycles. The molecule has 0 spiro atoms. The summed E-state index contributed by atoms with van der Waals surface area (Å²) in [5.41, 5.74) is 6.07. The van der Waals surface area contributed by atoms with Gasteiger partial charge in [0.1, 0.15) is 5.70 Å². The molecule has 0 aliphatic carbocycles. The zero-order valence-corrected chi connectivity index (χ0v) is 16.8. The van der Waals surface area contributed by atoms with E-state index in [1.54, 1.807) is 0 Å². The fourth-order valence-electron chi connectivity index (χ4n) is 4.27. The Kier molecular flexibility index (Phi) is 4.47. The van der Waals surface area contributed by atoms with Gasteiger partial charge in [0.25, 0.3) is 11.8 Å². The summed E-state index contributed by atoms with van der Waals surface area (Å²) >= 11 is 0. The quantitative estimate of drug-likeness (QED) is 0.618. The molecule has 0 saturated carbocycles. The predicted molar refractivity (Wildman–Crippen MR) is 118 cm³/mol. The van der Waals surface area contributed by atoms with Crippen molar-refractivity contribution >= 4 is 23.1 Å². The molecule has 148 valence electrons. The summed E-state index contributed by atoms with van der Waals surface area (Å²) in [4.78, 5) is 30.5. The van der Waals surface area contributed by atoms with E-state index in [1.165, 1.54) is 10.5 Å². The van der Waals surface area contributed by atoms with Crippen molar-refractivity contribution in [3.63, 3.8) is 0 Å². The monoisotopic (exact) mass is 394 g/mol. The van der Waals surface area contributed by atoms with Gasteiger partial charge in [-0.25, -0.2) is 0 Å². The highest BCUT2D eigenvalue weighted by Crippen LogP contribution is 2.38. The number of para-hydroxylation sites is 1. The summed E-state index contributed by atoms with van der Waals surface area (Å²) < 4.78 is 0. The van der Waals surface area contributed by atoms with Gasteiger partial charge >= 0.3 is 0 Å². The Labute approximate surface area is 176 Å². The molecule has 4 nitrogen and oxygen atoms in total. The van der Waals surface area contributed by atoms with Gasteiger partial charge in [-0.05, 0) is 36.1 Å². The molecule has 0 radical (unpaired) electrons. The number of imide groups is 1. The second-order valence-electron chi connectivity index (χ2n) is 7.80. The lowest BCUT2D eigenvalue weighted by Crippen LogP contribution is -2.34. The van der Waals surface area contributed by atoms with Crippen LogP contribution in [-0.4, -0.2) is 23.3 Å². The van der Waals surface area contributed by atoms with Gasteiger partial charge in [0, 0.05) is 12.2 Å². The maximum absolute atomic E-state index is 13.6. The first kappa shape index (κ1) is 18.4. The molecule has 4 heteroatoms. The van der Waals surface area contributed by atoms with Crippen LogP contribution in [0.3, 0.4) is 0 Å². The highest BCUT2D eigenvalue weighted by Gasteiger charge is 2.43. The zero-order valence-electron chi connectivity index (χ0n) is 16.8. The normalized spacial score (nSPS) is 15.9. The van der Waals surface area contributed by atoms with Crippen molar-refractivity contribution in [2.75, 3.05) is 11.4 Å². The van der Waals surface area contributed by atoms with Crippen LogP contribution in [0.1, 0.15) is 22.3 Å². The largest absolute Gasteiger partial charge is 0.336 e. The number of anilines is 1. The first-order valence-electron chi connectivity index (χ1n) is 10.2. The Morgan fingerprint density at radius 1 is 0.800 bits per heavy atom. The van der Waals surface area contributed by atoms with Crippen molar-refractivity contribution < 1.29 is 9.59 Å². The summed E-state index contributed by atoms with van der Waals surface area (Å²) in [5.74, 6) is -0.456. The van der Waals surface area contributed by atoms with Crippen molar-refractivity contribution in [2.45, 2.75) is 19.9 Å².